The Morgan fingerprint density at radius 3 is 2.27 bits per heavy atom. The Bertz CT molecular complexity index is 717. The van der Waals surface area contributed by atoms with Crippen molar-refractivity contribution < 1.29 is 23.7 Å². The van der Waals surface area contributed by atoms with Crippen LogP contribution in [0.15, 0.2) is 42.5 Å². The van der Waals surface area contributed by atoms with Gasteiger partial charge in [-0.05, 0) is 37.6 Å². The number of anilines is 1. The Balaban J connectivity index is 1.95. The maximum Gasteiger partial charge on any atom is 0.262 e. The Labute approximate surface area is 154 Å². The van der Waals surface area contributed by atoms with Crippen molar-refractivity contribution in [1.29, 1.82) is 0 Å². The predicted octanol–water partition coefficient (Wildman–Crippen LogP) is 3.90. The maximum absolute atomic E-state index is 12.2. The largest absolute Gasteiger partial charge is 0.493 e. The van der Waals surface area contributed by atoms with Gasteiger partial charge < -0.3 is 24.3 Å². The molecule has 0 atom stereocenters. The van der Waals surface area contributed by atoms with Gasteiger partial charge in [0, 0.05) is 11.8 Å². The summed E-state index contributed by atoms with van der Waals surface area (Å²) < 4.78 is 22.0. The summed E-state index contributed by atoms with van der Waals surface area (Å²) in [7, 11) is 1.56. The summed E-state index contributed by atoms with van der Waals surface area (Å²) in [5.41, 5.74) is 0.606. The van der Waals surface area contributed by atoms with Gasteiger partial charge in [0.15, 0.2) is 29.6 Å². The normalized spacial score (nSPS) is 10.1. The summed E-state index contributed by atoms with van der Waals surface area (Å²) in [5.74, 6) is 2.09. The molecule has 0 spiro atoms. The van der Waals surface area contributed by atoms with E-state index >= 15 is 0 Å². The summed E-state index contributed by atoms with van der Waals surface area (Å²) in [6, 6.07) is 12.5. The Morgan fingerprint density at radius 2 is 1.62 bits per heavy atom. The van der Waals surface area contributed by atoms with Crippen LogP contribution in [-0.2, 0) is 4.79 Å². The van der Waals surface area contributed by atoms with Gasteiger partial charge in [0.1, 0.15) is 0 Å². The van der Waals surface area contributed by atoms with Crippen LogP contribution in [0.1, 0.15) is 20.3 Å². The third-order valence-corrected chi connectivity index (χ3v) is 3.42. The smallest absolute Gasteiger partial charge is 0.262 e. The van der Waals surface area contributed by atoms with Crippen molar-refractivity contribution in [2.75, 3.05) is 32.2 Å². The van der Waals surface area contributed by atoms with E-state index in [1.807, 2.05) is 32.0 Å². The third kappa shape index (κ3) is 5.58. The second-order valence-electron chi connectivity index (χ2n) is 5.43. The molecule has 0 aliphatic heterocycles. The molecule has 1 N–H and O–H groups in total. The van der Waals surface area contributed by atoms with Crippen LogP contribution in [0.4, 0.5) is 5.69 Å². The summed E-state index contributed by atoms with van der Waals surface area (Å²) in [6.07, 6.45) is 0.897. The maximum atomic E-state index is 12.2. The first-order valence-corrected chi connectivity index (χ1v) is 8.63. The average Bonchev–Trinajstić information content (AvgIpc) is 2.66. The van der Waals surface area contributed by atoms with Crippen molar-refractivity contribution in [2.45, 2.75) is 20.3 Å². The second-order valence-corrected chi connectivity index (χ2v) is 5.43. The van der Waals surface area contributed by atoms with Gasteiger partial charge in [0.25, 0.3) is 5.91 Å². The molecule has 0 aliphatic rings. The van der Waals surface area contributed by atoms with Crippen molar-refractivity contribution in [3.8, 4) is 23.0 Å². The molecule has 0 aliphatic carbocycles. The minimum Gasteiger partial charge on any atom is -0.493 e. The molecule has 0 fully saturated rings. The Morgan fingerprint density at radius 1 is 0.923 bits per heavy atom. The predicted molar refractivity (Wildman–Crippen MR) is 101 cm³/mol. The van der Waals surface area contributed by atoms with E-state index in [0.717, 1.165) is 6.42 Å². The number of methoxy groups -OCH3 is 1. The SMILES string of the molecule is CCCOc1ccccc1OCC(=O)Nc1ccc(OCC)c(OC)c1. The van der Waals surface area contributed by atoms with Crippen molar-refractivity contribution >= 4 is 11.6 Å². The van der Waals surface area contributed by atoms with Crippen molar-refractivity contribution in [1.82, 2.24) is 0 Å². The summed E-state index contributed by atoms with van der Waals surface area (Å²) in [5, 5.41) is 2.78. The lowest BCUT2D eigenvalue weighted by molar-refractivity contribution is -0.118. The van der Waals surface area contributed by atoms with Crippen LogP contribution in [0.25, 0.3) is 0 Å². The molecular weight excluding hydrogens is 334 g/mol. The highest BCUT2D eigenvalue weighted by molar-refractivity contribution is 5.92. The Kier molecular flexibility index (Phi) is 7.61. The number of amides is 1. The fourth-order valence-corrected chi connectivity index (χ4v) is 2.26. The van der Waals surface area contributed by atoms with E-state index in [4.69, 9.17) is 18.9 Å². The van der Waals surface area contributed by atoms with Gasteiger partial charge >= 0.3 is 0 Å². The molecule has 6 nitrogen and oxygen atoms in total. The van der Waals surface area contributed by atoms with E-state index in [9.17, 15) is 4.79 Å². The van der Waals surface area contributed by atoms with Gasteiger partial charge in [-0.3, -0.25) is 4.79 Å². The van der Waals surface area contributed by atoms with Gasteiger partial charge in [-0.2, -0.15) is 0 Å². The number of rotatable bonds is 10. The first-order chi connectivity index (χ1) is 12.7. The van der Waals surface area contributed by atoms with Crippen LogP contribution in [0.3, 0.4) is 0 Å². The van der Waals surface area contributed by atoms with Gasteiger partial charge in [-0.25, -0.2) is 0 Å². The summed E-state index contributed by atoms with van der Waals surface area (Å²) in [4.78, 5) is 12.2. The summed E-state index contributed by atoms with van der Waals surface area (Å²) in [6.45, 7) is 4.94. The van der Waals surface area contributed by atoms with Gasteiger partial charge in [0.05, 0.1) is 20.3 Å². The first kappa shape index (κ1) is 19.4. The third-order valence-electron chi connectivity index (χ3n) is 3.42. The van der Waals surface area contributed by atoms with Crippen LogP contribution in [-0.4, -0.2) is 32.8 Å². The van der Waals surface area contributed by atoms with Crippen LogP contribution >= 0.6 is 0 Å². The fourth-order valence-electron chi connectivity index (χ4n) is 2.26. The van der Waals surface area contributed by atoms with Crippen molar-refractivity contribution in [3.63, 3.8) is 0 Å². The van der Waals surface area contributed by atoms with Gasteiger partial charge in [0.2, 0.25) is 0 Å². The molecule has 2 rings (SSSR count). The summed E-state index contributed by atoms with van der Waals surface area (Å²) >= 11 is 0. The number of carbonyl (C=O) groups is 1. The van der Waals surface area contributed by atoms with Crippen LogP contribution in [0.2, 0.25) is 0 Å². The highest BCUT2D eigenvalue weighted by Gasteiger charge is 2.10. The molecule has 0 aromatic heterocycles. The lowest BCUT2D eigenvalue weighted by Gasteiger charge is -2.13. The Hall–Kier alpha value is -2.89. The molecule has 140 valence electrons. The molecule has 6 heteroatoms. The number of hydrogen-bond donors (Lipinski definition) is 1. The van der Waals surface area contributed by atoms with Gasteiger partial charge in [-0.1, -0.05) is 19.1 Å². The minimum absolute atomic E-state index is 0.123. The zero-order valence-corrected chi connectivity index (χ0v) is 15.4. The highest BCUT2D eigenvalue weighted by Crippen LogP contribution is 2.30. The molecule has 0 saturated heterocycles. The van der Waals surface area contributed by atoms with Crippen LogP contribution in [0.5, 0.6) is 23.0 Å². The number of carbonyl (C=O) groups excluding carboxylic acids is 1. The lowest BCUT2D eigenvalue weighted by atomic mass is 10.2. The van der Waals surface area contributed by atoms with Crippen molar-refractivity contribution in [2.24, 2.45) is 0 Å². The molecular formula is C20H25NO5. The van der Waals surface area contributed by atoms with E-state index in [2.05, 4.69) is 5.32 Å². The molecule has 1 amide bonds. The fraction of sp³-hybridized carbons (Fsp3) is 0.350. The van der Waals surface area contributed by atoms with E-state index in [1.165, 1.54) is 0 Å². The molecule has 0 unspecified atom stereocenters. The molecule has 2 aromatic carbocycles. The minimum atomic E-state index is -0.276. The molecule has 0 saturated carbocycles. The average molecular weight is 359 g/mol. The topological polar surface area (TPSA) is 66.0 Å². The number of benzene rings is 2. The van der Waals surface area contributed by atoms with E-state index in [1.54, 1.807) is 31.4 Å². The quantitative estimate of drug-likeness (QED) is 0.697. The zero-order valence-electron chi connectivity index (χ0n) is 15.4. The molecule has 2 aromatic rings. The van der Waals surface area contributed by atoms with Gasteiger partial charge in [-0.15, -0.1) is 0 Å². The van der Waals surface area contributed by atoms with Crippen LogP contribution < -0.4 is 24.3 Å². The van der Waals surface area contributed by atoms with Crippen LogP contribution in [0, 0.1) is 0 Å². The molecule has 0 radical (unpaired) electrons. The monoisotopic (exact) mass is 359 g/mol. The number of hydrogen-bond acceptors (Lipinski definition) is 5. The zero-order chi connectivity index (χ0) is 18.8. The lowest BCUT2D eigenvalue weighted by Crippen LogP contribution is -2.20. The number of nitrogens with one attached hydrogen (secondary N) is 1. The second kappa shape index (κ2) is 10.2. The van der Waals surface area contributed by atoms with Crippen molar-refractivity contribution in [3.05, 3.63) is 42.5 Å². The number of para-hydroxylation sites is 2. The van der Waals surface area contributed by atoms with E-state index in [0.29, 0.717) is 41.9 Å². The number of ether oxygens (including phenoxy) is 4. The molecule has 26 heavy (non-hydrogen) atoms. The first-order valence-electron chi connectivity index (χ1n) is 8.63. The van der Waals surface area contributed by atoms with E-state index in [-0.39, 0.29) is 12.5 Å². The van der Waals surface area contributed by atoms with E-state index < -0.39 is 0 Å². The highest BCUT2D eigenvalue weighted by atomic mass is 16.5. The molecule has 0 bridgehead atoms. The molecule has 0 heterocycles. The standard InChI is InChI=1S/C20H25NO5/c1-4-12-25-16-8-6-7-9-17(16)26-14-20(22)21-15-10-11-18(24-5-2)19(13-15)23-3/h6-11,13H,4-5,12,14H2,1-3H3,(H,21,22).